The first-order valence-corrected chi connectivity index (χ1v) is 6.81. The number of H-pyrrole nitrogens is 1. The lowest BCUT2D eigenvalue weighted by Crippen LogP contribution is -1.90. The molecule has 3 heterocycles. The molecule has 6 heteroatoms. The predicted molar refractivity (Wildman–Crippen MR) is 71.3 cm³/mol. The van der Waals surface area contributed by atoms with Gasteiger partial charge in [0.2, 0.25) is 5.95 Å². The van der Waals surface area contributed by atoms with Crippen LogP contribution in [0.25, 0.3) is 11.0 Å². The molecule has 0 fully saturated rings. The lowest BCUT2D eigenvalue weighted by atomic mass is 10.4. The molecule has 0 aromatic carbocycles. The summed E-state index contributed by atoms with van der Waals surface area (Å²) in [6, 6.07) is 1.94. The Bertz CT molecular complexity index is 609. The van der Waals surface area contributed by atoms with E-state index in [0.717, 1.165) is 31.9 Å². The molecular formula is C10H8ClN3S2. The van der Waals surface area contributed by atoms with Gasteiger partial charge in [-0.1, -0.05) is 11.6 Å². The van der Waals surface area contributed by atoms with Crippen molar-refractivity contribution >= 4 is 56.3 Å². The standard InChI is InChI=1S/C10H8ClN3S2/c1-5-2-8(11)16-9(5)14-10-12-6-3-15-4-7(6)13-10/h2-4H,1H3,(H2,12,13,14). The van der Waals surface area contributed by atoms with Crippen LogP contribution >= 0.6 is 34.3 Å². The molecule has 0 atom stereocenters. The molecule has 0 aliphatic rings. The molecule has 3 aromatic rings. The first-order valence-electron chi connectivity index (χ1n) is 4.67. The Kier molecular flexibility index (Phi) is 2.38. The third-order valence-corrected chi connectivity index (χ3v) is 4.26. The van der Waals surface area contributed by atoms with Crippen molar-refractivity contribution in [2.75, 3.05) is 5.32 Å². The number of thiophene rings is 2. The molecule has 3 rings (SSSR count). The average molecular weight is 270 g/mol. The summed E-state index contributed by atoms with van der Waals surface area (Å²) < 4.78 is 0.785. The third-order valence-electron chi connectivity index (χ3n) is 2.25. The Morgan fingerprint density at radius 1 is 1.44 bits per heavy atom. The minimum absolute atomic E-state index is 0.763. The van der Waals surface area contributed by atoms with Crippen molar-refractivity contribution in [2.45, 2.75) is 6.92 Å². The van der Waals surface area contributed by atoms with Crippen molar-refractivity contribution in [2.24, 2.45) is 0 Å². The fraction of sp³-hybridized carbons (Fsp3) is 0.100. The van der Waals surface area contributed by atoms with Crippen molar-refractivity contribution in [1.29, 1.82) is 0 Å². The van der Waals surface area contributed by atoms with Crippen LogP contribution in [0.2, 0.25) is 4.34 Å². The van der Waals surface area contributed by atoms with Crippen LogP contribution in [0.3, 0.4) is 0 Å². The van der Waals surface area contributed by atoms with Crippen LogP contribution in [0.5, 0.6) is 0 Å². The number of hydrogen-bond acceptors (Lipinski definition) is 4. The second kappa shape index (κ2) is 3.76. The van der Waals surface area contributed by atoms with Gasteiger partial charge in [0.05, 0.1) is 14.9 Å². The quantitative estimate of drug-likeness (QED) is 0.724. The molecule has 0 amide bonds. The van der Waals surface area contributed by atoms with Crippen molar-refractivity contribution in [3.8, 4) is 0 Å². The predicted octanol–water partition coefficient (Wildman–Crippen LogP) is 4.39. The monoisotopic (exact) mass is 269 g/mol. The summed E-state index contributed by atoms with van der Waals surface area (Å²) in [5, 5.41) is 8.34. The van der Waals surface area contributed by atoms with E-state index in [4.69, 9.17) is 11.6 Å². The zero-order valence-electron chi connectivity index (χ0n) is 8.37. The number of anilines is 2. The topological polar surface area (TPSA) is 40.7 Å². The number of fused-ring (bicyclic) bond motifs is 1. The van der Waals surface area contributed by atoms with Gasteiger partial charge in [-0.25, -0.2) is 4.98 Å². The fourth-order valence-corrected chi connectivity index (χ4v) is 3.37. The number of aryl methyl sites for hydroxylation is 1. The minimum atomic E-state index is 0.763. The molecule has 0 radical (unpaired) electrons. The third kappa shape index (κ3) is 1.71. The van der Waals surface area contributed by atoms with Crippen LogP contribution in [0.15, 0.2) is 16.8 Å². The van der Waals surface area contributed by atoms with Gasteiger partial charge in [-0.05, 0) is 18.6 Å². The number of aromatic amines is 1. The largest absolute Gasteiger partial charge is 0.323 e. The van der Waals surface area contributed by atoms with Gasteiger partial charge in [0.1, 0.15) is 5.52 Å². The number of nitrogens with one attached hydrogen (secondary N) is 2. The normalized spacial score (nSPS) is 11.1. The SMILES string of the molecule is Cc1cc(Cl)sc1Nc1nc2cscc2[nH]1. The first kappa shape index (κ1) is 10.1. The Balaban J connectivity index is 1.94. The molecular weight excluding hydrogens is 262 g/mol. The van der Waals surface area contributed by atoms with E-state index in [1.54, 1.807) is 11.3 Å². The second-order valence-corrected chi connectivity index (χ2v) is 5.87. The zero-order chi connectivity index (χ0) is 11.1. The first-order chi connectivity index (χ1) is 7.72. The highest BCUT2D eigenvalue weighted by molar-refractivity contribution is 7.20. The number of rotatable bonds is 2. The van der Waals surface area contributed by atoms with Crippen LogP contribution in [-0.4, -0.2) is 9.97 Å². The van der Waals surface area contributed by atoms with E-state index in [1.165, 1.54) is 11.3 Å². The van der Waals surface area contributed by atoms with E-state index in [2.05, 4.69) is 15.3 Å². The molecule has 0 spiro atoms. The maximum atomic E-state index is 5.94. The molecule has 0 saturated heterocycles. The Morgan fingerprint density at radius 3 is 3.00 bits per heavy atom. The summed E-state index contributed by atoms with van der Waals surface area (Å²) in [7, 11) is 0. The van der Waals surface area contributed by atoms with Crippen molar-refractivity contribution in [3.63, 3.8) is 0 Å². The van der Waals surface area contributed by atoms with E-state index >= 15 is 0 Å². The van der Waals surface area contributed by atoms with Gasteiger partial charge < -0.3 is 10.3 Å². The number of halogens is 1. The number of aromatic nitrogens is 2. The molecule has 2 N–H and O–H groups in total. The van der Waals surface area contributed by atoms with Gasteiger partial charge in [0.25, 0.3) is 0 Å². The van der Waals surface area contributed by atoms with E-state index in [-0.39, 0.29) is 0 Å². The van der Waals surface area contributed by atoms with E-state index in [1.807, 2.05) is 23.8 Å². The zero-order valence-corrected chi connectivity index (χ0v) is 10.8. The average Bonchev–Trinajstić information content (AvgIpc) is 2.82. The van der Waals surface area contributed by atoms with E-state index in [0.29, 0.717) is 0 Å². The summed E-state index contributed by atoms with van der Waals surface area (Å²) >= 11 is 9.10. The van der Waals surface area contributed by atoms with Gasteiger partial charge in [0.15, 0.2) is 0 Å². The summed E-state index contributed by atoms with van der Waals surface area (Å²) in [4.78, 5) is 7.64. The Morgan fingerprint density at radius 2 is 2.31 bits per heavy atom. The van der Waals surface area contributed by atoms with Crippen molar-refractivity contribution in [3.05, 3.63) is 26.7 Å². The van der Waals surface area contributed by atoms with Crippen molar-refractivity contribution in [1.82, 2.24) is 9.97 Å². The minimum Gasteiger partial charge on any atom is -0.323 e. The maximum Gasteiger partial charge on any atom is 0.206 e. The van der Waals surface area contributed by atoms with Gasteiger partial charge >= 0.3 is 0 Å². The maximum absolute atomic E-state index is 5.94. The number of imidazole rings is 1. The molecule has 3 aromatic heterocycles. The summed E-state index contributed by atoms with van der Waals surface area (Å²) in [5.41, 5.74) is 3.19. The van der Waals surface area contributed by atoms with E-state index < -0.39 is 0 Å². The Labute approximate surface area is 105 Å². The van der Waals surface area contributed by atoms with E-state index in [9.17, 15) is 0 Å². The smallest absolute Gasteiger partial charge is 0.206 e. The lowest BCUT2D eigenvalue weighted by Gasteiger charge is -1.99. The van der Waals surface area contributed by atoms with Gasteiger partial charge in [0, 0.05) is 10.8 Å². The summed E-state index contributed by atoms with van der Waals surface area (Å²) in [6.07, 6.45) is 0. The molecule has 0 aliphatic carbocycles. The summed E-state index contributed by atoms with van der Waals surface area (Å²) in [6.45, 7) is 2.02. The molecule has 0 bridgehead atoms. The van der Waals surface area contributed by atoms with Gasteiger partial charge in [-0.3, -0.25) is 0 Å². The number of hydrogen-bond donors (Lipinski definition) is 2. The molecule has 0 unspecified atom stereocenters. The highest BCUT2D eigenvalue weighted by Gasteiger charge is 2.07. The van der Waals surface area contributed by atoms with Gasteiger partial charge in [-0.15, -0.1) is 22.7 Å². The van der Waals surface area contributed by atoms with Crippen LogP contribution in [-0.2, 0) is 0 Å². The van der Waals surface area contributed by atoms with Crippen LogP contribution in [0, 0.1) is 6.92 Å². The van der Waals surface area contributed by atoms with Crippen LogP contribution < -0.4 is 5.32 Å². The van der Waals surface area contributed by atoms with Gasteiger partial charge in [-0.2, -0.15) is 0 Å². The molecule has 0 saturated carbocycles. The molecule has 16 heavy (non-hydrogen) atoms. The van der Waals surface area contributed by atoms with Crippen molar-refractivity contribution < 1.29 is 0 Å². The lowest BCUT2D eigenvalue weighted by molar-refractivity contribution is 1.31. The Hall–Kier alpha value is -1.04. The van der Waals surface area contributed by atoms with Crippen LogP contribution in [0.1, 0.15) is 5.56 Å². The molecule has 0 aliphatic heterocycles. The molecule has 82 valence electrons. The second-order valence-electron chi connectivity index (χ2n) is 3.44. The summed E-state index contributed by atoms with van der Waals surface area (Å²) in [5.74, 6) is 0.763. The number of nitrogens with zero attached hydrogens (tertiary/aromatic N) is 1. The highest BCUT2D eigenvalue weighted by atomic mass is 35.5. The highest BCUT2D eigenvalue weighted by Crippen LogP contribution is 2.33. The fourth-order valence-electron chi connectivity index (χ4n) is 1.48. The van der Waals surface area contributed by atoms with Crippen LogP contribution in [0.4, 0.5) is 10.9 Å². The molecule has 3 nitrogen and oxygen atoms in total.